The number of ether oxygens (including phenoxy) is 1. The number of anilines is 1. The van der Waals surface area contributed by atoms with Gasteiger partial charge in [0.25, 0.3) is 11.6 Å². The van der Waals surface area contributed by atoms with Crippen LogP contribution >= 0.6 is 12.2 Å². The van der Waals surface area contributed by atoms with Crippen LogP contribution in [0.1, 0.15) is 28.8 Å². The number of rotatable bonds is 7. The van der Waals surface area contributed by atoms with E-state index >= 15 is 0 Å². The summed E-state index contributed by atoms with van der Waals surface area (Å²) in [7, 11) is 0. The Morgan fingerprint density at radius 1 is 1.22 bits per heavy atom. The molecule has 0 aromatic heterocycles. The van der Waals surface area contributed by atoms with Crippen molar-refractivity contribution in [3.63, 3.8) is 0 Å². The highest BCUT2D eigenvalue weighted by Crippen LogP contribution is 2.14. The molecule has 1 aliphatic rings. The van der Waals surface area contributed by atoms with E-state index in [2.05, 4.69) is 16.0 Å². The number of non-ortho nitro benzene ring substituents is 1. The SMILES string of the molecule is O=C(/C=C/c1cccc([N+](=O)[O-])c1)NC(=S)Nc1ccc(C(=O)NCC2CCCO2)cc1. The van der Waals surface area contributed by atoms with Crippen molar-refractivity contribution < 1.29 is 19.2 Å². The van der Waals surface area contributed by atoms with Crippen LogP contribution in [-0.2, 0) is 9.53 Å². The number of carbonyl (C=O) groups excluding carboxylic acids is 2. The van der Waals surface area contributed by atoms with Crippen molar-refractivity contribution in [3.05, 3.63) is 75.8 Å². The number of carbonyl (C=O) groups is 2. The third-order valence-corrected chi connectivity index (χ3v) is 4.87. The van der Waals surface area contributed by atoms with E-state index in [0.29, 0.717) is 23.4 Å². The fraction of sp³-hybridized carbons (Fsp3) is 0.227. The second-order valence-corrected chi connectivity index (χ2v) is 7.46. The van der Waals surface area contributed by atoms with Crippen LogP contribution in [0.25, 0.3) is 6.08 Å². The average molecular weight is 455 g/mol. The quantitative estimate of drug-likeness (QED) is 0.254. The Balaban J connectivity index is 1.46. The van der Waals surface area contributed by atoms with Gasteiger partial charge in [-0.05, 0) is 61.0 Å². The van der Waals surface area contributed by atoms with Gasteiger partial charge >= 0.3 is 0 Å². The molecule has 1 aliphatic heterocycles. The van der Waals surface area contributed by atoms with Crippen molar-refractivity contribution >= 4 is 46.6 Å². The highest BCUT2D eigenvalue weighted by molar-refractivity contribution is 7.80. The number of thiocarbonyl (C=S) groups is 1. The highest BCUT2D eigenvalue weighted by atomic mass is 32.1. The normalized spacial score (nSPS) is 15.3. The molecular weight excluding hydrogens is 432 g/mol. The largest absolute Gasteiger partial charge is 0.376 e. The molecule has 1 fully saturated rings. The Hall–Kier alpha value is -3.63. The summed E-state index contributed by atoms with van der Waals surface area (Å²) in [4.78, 5) is 34.6. The second kappa shape index (κ2) is 11.1. The Morgan fingerprint density at radius 2 is 2.00 bits per heavy atom. The molecule has 0 saturated carbocycles. The lowest BCUT2D eigenvalue weighted by molar-refractivity contribution is -0.384. The van der Waals surface area contributed by atoms with Crippen molar-refractivity contribution in [2.24, 2.45) is 0 Å². The van der Waals surface area contributed by atoms with Gasteiger partial charge in [0, 0.05) is 42.6 Å². The average Bonchev–Trinajstić information content (AvgIpc) is 3.30. The molecule has 2 aromatic rings. The van der Waals surface area contributed by atoms with E-state index in [0.717, 1.165) is 19.4 Å². The molecule has 3 N–H and O–H groups in total. The number of amides is 2. The minimum Gasteiger partial charge on any atom is -0.376 e. The van der Waals surface area contributed by atoms with E-state index in [-0.39, 0.29) is 22.8 Å². The van der Waals surface area contributed by atoms with E-state index in [4.69, 9.17) is 17.0 Å². The first-order valence-electron chi connectivity index (χ1n) is 9.95. The Bertz CT molecular complexity index is 1030. The first-order valence-corrected chi connectivity index (χ1v) is 10.4. The summed E-state index contributed by atoms with van der Waals surface area (Å²) in [6, 6.07) is 12.6. The van der Waals surface area contributed by atoms with Crippen molar-refractivity contribution in [1.29, 1.82) is 0 Å². The summed E-state index contributed by atoms with van der Waals surface area (Å²) >= 11 is 5.13. The third kappa shape index (κ3) is 6.96. The molecular formula is C22H22N4O5S. The van der Waals surface area contributed by atoms with Crippen molar-refractivity contribution in [1.82, 2.24) is 10.6 Å². The number of benzene rings is 2. The van der Waals surface area contributed by atoms with E-state index in [9.17, 15) is 19.7 Å². The molecule has 0 aliphatic carbocycles. The maximum Gasteiger partial charge on any atom is 0.270 e. The van der Waals surface area contributed by atoms with Crippen LogP contribution < -0.4 is 16.0 Å². The van der Waals surface area contributed by atoms with Crippen LogP contribution in [0, 0.1) is 10.1 Å². The fourth-order valence-corrected chi connectivity index (χ4v) is 3.27. The van der Waals surface area contributed by atoms with Crippen molar-refractivity contribution in [3.8, 4) is 0 Å². The molecule has 2 aromatic carbocycles. The Kier molecular flexibility index (Phi) is 8.01. The number of hydrogen-bond donors (Lipinski definition) is 3. The second-order valence-electron chi connectivity index (χ2n) is 7.05. The zero-order valence-electron chi connectivity index (χ0n) is 17.1. The minimum atomic E-state index is -0.505. The molecule has 166 valence electrons. The molecule has 32 heavy (non-hydrogen) atoms. The monoisotopic (exact) mass is 454 g/mol. The van der Waals surface area contributed by atoms with Gasteiger partial charge in [0.1, 0.15) is 0 Å². The lowest BCUT2D eigenvalue weighted by Gasteiger charge is -2.11. The molecule has 1 atom stereocenters. The number of hydrogen-bond acceptors (Lipinski definition) is 6. The first-order chi connectivity index (χ1) is 15.4. The molecule has 1 unspecified atom stereocenters. The van der Waals surface area contributed by atoms with Gasteiger partial charge in [-0.25, -0.2) is 0 Å². The number of nitro groups is 1. The van der Waals surface area contributed by atoms with E-state index in [1.54, 1.807) is 30.3 Å². The molecule has 1 saturated heterocycles. The van der Waals surface area contributed by atoms with Gasteiger partial charge in [-0.2, -0.15) is 0 Å². The zero-order valence-corrected chi connectivity index (χ0v) is 17.9. The van der Waals surface area contributed by atoms with E-state index < -0.39 is 10.8 Å². The predicted molar refractivity (Wildman–Crippen MR) is 124 cm³/mol. The maximum absolute atomic E-state index is 12.2. The fourth-order valence-electron chi connectivity index (χ4n) is 3.05. The van der Waals surface area contributed by atoms with Crippen LogP contribution in [0.15, 0.2) is 54.6 Å². The summed E-state index contributed by atoms with van der Waals surface area (Å²) < 4.78 is 5.49. The third-order valence-electron chi connectivity index (χ3n) is 4.66. The van der Waals surface area contributed by atoms with Gasteiger partial charge in [0.15, 0.2) is 5.11 Å². The van der Waals surface area contributed by atoms with Crippen LogP contribution in [-0.4, -0.2) is 41.1 Å². The smallest absolute Gasteiger partial charge is 0.270 e. The highest BCUT2D eigenvalue weighted by Gasteiger charge is 2.16. The lowest BCUT2D eigenvalue weighted by atomic mass is 10.2. The van der Waals surface area contributed by atoms with Crippen molar-refractivity contribution in [2.45, 2.75) is 18.9 Å². The minimum absolute atomic E-state index is 0.0613. The summed E-state index contributed by atoms with van der Waals surface area (Å²) in [5.74, 6) is -0.673. The van der Waals surface area contributed by atoms with Crippen molar-refractivity contribution in [2.75, 3.05) is 18.5 Å². The van der Waals surface area contributed by atoms with Crippen LogP contribution in [0.2, 0.25) is 0 Å². The van der Waals surface area contributed by atoms with Crippen LogP contribution in [0.4, 0.5) is 11.4 Å². The van der Waals surface area contributed by atoms with Gasteiger partial charge in [0.05, 0.1) is 11.0 Å². The topological polar surface area (TPSA) is 123 Å². The molecule has 2 amide bonds. The van der Waals surface area contributed by atoms with Gasteiger partial charge in [-0.15, -0.1) is 0 Å². The Morgan fingerprint density at radius 3 is 2.69 bits per heavy atom. The van der Waals surface area contributed by atoms with Gasteiger partial charge in [0.2, 0.25) is 5.91 Å². The molecule has 1 heterocycles. The molecule has 0 spiro atoms. The zero-order chi connectivity index (χ0) is 22.9. The lowest BCUT2D eigenvalue weighted by Crippen LogP contribution is -2.33. The van der Waals surface area contributed by atoms with Gasteiger partial charge in [-0.1, -0.05) is 12.1 Å². The standard InChI is InChI=1S/C22H22N4O5S/c27-20(11-6-15-3-1-4-18(13-15)26(29)30)25-22(32)24-17-9-7-16(8-10-17)21(28)23-14-19-5-2-12-31-19/h1,3-4,6-11,13,19H,2,5,12,14H2,(H,23,28)(H2,24,25,27,32)/b11-6+. The number of nitrogens with zero attached hydrogens (tertiary/aromatic N) is 1. The molecule has 9 nitrogen and oxygen atoms in total. The Labute approximate surface area is 190 Å². The predicted octanol–water partition coefficient (Wildman–Crippen LogP) is 3.03. The van der Waals surface area contributed by atoms with Crippen LogP contribution in [0.5, 0.6) is 0 Å². The van der Waals surface area contributed by atoms with E-state index in [1.807, 2.05) is 0 Å². The number of nitro benzene ring substituents is 1. The first kappa shape index (κ1) is 23.0. The summed E-state index contributed by atoms with van der Waals surface area (Å²) in [6.45, 7) is 1.22. The van der Waals surface area contributed by atoms with E-state index in [1.165, 1.54) is 30.4 Å². The van der Waals surface area contributed by atoms with Gasteiger partial charge in [-0.3, -0.25) is 25.0 Å². The summed E-state index contributed by atoms with van der Waals surface area (Å²) in [5, 5.41) is 19.1. The van der Waals surface area contributed by atoms with Gasteiger partial charge < -0.3 is 15.4 Å². The summed E-state index contributed by atoms with van der Waals surface area (Å²) in [5.41, 5.74) is 1.56. The maximum atomic E-state index is 12.2. The summed E-state index contributed by atoms with van der Waals surface area (Å²) in [6.07, 6.45) is 4.73. The molecule has 0 radical (unpaired) electrons. The molecule has 10 heteroatoms. The number of nitrogens with one attached hydrogen (secondary N) is 3. The van der Waals surface area contributed by atoms with Crippen LogP contribution in [0.3, 0.4) is 0 Å². The molecule has 3 rings (SSSR count). The molecule has 0 bridgehead atoms.